The van der Waals surface area contributed by atoms with Gasteiger partial charge in [-0.2, -0.15) is 0 Å². The number of nitrogens with one attached hydrogen (secondary N) is 2. The molecule has 2 aromatic carbocycles. The Morgan fingerprint density at radius 2 is 2.00 bits per heavy atom. The summed E-state index contributed by atoms with van der Waals surface area (Å²) in [6.07, 6.45) is 0. The molecule has 1 saturated heterocycles. The summed E-state index contributed by atoms with van der Waals surface area (Å²) >= 11 is 1.51. The van der Waals surface area contributed by atoms with Crippen LogP contribution in [0.25, 0.3) is 0 Å². The van der Waals surface area contributed by atoms with Gasteiger partial charge in [0.1, 0.15) is 5.75 Å². The molecule has 2 aliphatic heterocycles. The second kappa shape index (κ2) is 9.72. The first-order valence-corrected chi connectivity index (χ1v) is 11.3. The Morgan fingerprint density at radius 3 is 2.71 bits per heavy atom. The van der Waals surface area contributed by atoms with Gasteiger partial charge in [-0.25, -0.2) is 0 Å². The van der Waals surface area contributed by atoms with Crippen LogP contribution in [-0.4, -0.2) is 61.9 Å². The third-order valence-corrected chi connectivity index (χ3v) is 6.79. The van der Waals surface area contributed by atoms with Crippen LogP contribution in [0.2, 0.25) is 0 Å². The highest BCUT2D eigenvalue weighted by molar-refractivity contribution is 8.00. The fraction of sp³-hybridized carbons (Fsp3) is 0.391. The number of rotatable bonds is 6. The molecule has 2 aromatic rings. The number of benzene rings is 2. The molecule has 0 spiro atoms. The molecule has 1 fully saturated rings. The smallest absolute Gasteiger partial charge is 0.251 e. The van der Waals surface area contributed by atoms with Gasteiger partial charge in [0.25, 0.3) is 5.91 Å². The predicted molar refractivity (Wildman–Crippen MR) is 121 cm³/mol. The third-order valence-electron chi connectivity index (χ3n) is 5.62. The lowest BCUT2D eigenvalue weighted by molar-refractivity contribution is -0.115. The second-order valence-corrected chi connectivity index (χ2v) is 8.99. The Labute approximate surface area is 186 Å². The van der Waals surface area contributed by atoms with Crippen molar-refractivity contribution < 1.29 is 19.1 Å². The zero-order chi connectivity index (χ0) is 21.8. The van der Waals surface area contributed by atoms with Gasteiger partial charge in [0.05, 0.1) is 37.3 Å². The Bertz CT molecular complexity index is 944. The van der Waals surface area contributed by atoms with E-state index in [-0.39, 0.29) is 23.1 Å². The molecule has 0 unspecified atom stereocenters. The van der Waals surface area contributed by atoms with Gasteiger partial charge in [-0.15, -0.1) is 11.8 Å². The summed E-state index contributed by atoms with van der Waals surface area (Å²) in [5.74, 6) is 0.603. The van der Waals surface area contributed by atoms with Gasteiger partial charge in [-0.1, -0.05) is 12.1 Å². The van der Waals surface area contributed by atoms with Crippen LogP contribution < -0.4 is 15.4 Å². The fourth-order valence-electron chi connectivity index (χ4n) is 3.81. The minimum atomic E-state index is -0.160. The highest BCUT2D eigenvalue weighted by atomic mass is 32.2. The molecule has 2 N–H and O–H groups in total. The van der Waals surface area contributed by atoms with Crippen LogP contribution in [0, 0.1) is 0 Å². The summed E-state index contributed by atoms with van der Waals surface area (Å²) in [5.41, 5.74) is 2.34. The topological polar surface area (TPSA) is 79.9 Å². The molecule has 0 bridgehead atoms. The van der Waals surface area contributed by atoms with Crippen LogP contribution in [-0.2, 0) is 9.53 Å². The van der Waals surface area contributed by atoms with E-state index >= 15 is 0 Å². The molecule has 7 nitrogen and oxygen atoms in total. The molecule has 0 aromatic heterocycles. The Hall–Kier alpha value is -2.55. The highest BCUT2D eigenvalue weighted by Gasteiger charge is 2.25. The number of carbonyl (C=O) groups is 2. The van der Waals surface area contributed by atoms with Gasteiger partial charge in [0.15, 0.2) is 0 Å². The number of nitrogens with zero attached hydrogens (tertiary/aromatic N) is 1. The molecule has 4 rings (SSSR count). The normalized spacial score (nSPS) is 19.8. The van der Waals surface area contributed by atoms with E-state index in [1.807, 2.05) is 43.3 Å². The van der Waals surface area contributed by atoms with Crippen molar-refractivity contribution in [1.29, 1.82) is 0 Å². The van der Waals surface area contributed by atoms with Crippen LogP contribution in [0.1, 0.15) is 28.9 Å². The number of hydrogen-bond acceptors (Lipinski definition) is 6. The summed E-state index contributed by atoms with van der Waals surface area (Å²) in [6, 6.07) is 13.4. The number of ether oxygens (including phenoxy) is 2. The maximum atomic E-state index is 12.9. The van der Waals surface area contributed by atoms with Gasteiger partial charge in [-0.3, -0.25) is 14.5 Å². The monoisotopic (exact) mass is 441 g/mol. The maximum Gasteiger partial charge on any atom is 0.251 e. The molecule has 0 aliphatic carbocycles. The SMILES string of the molecule is COc1ccc([C@@H](CNC(=O)c2ccc3c(c2)NC(=O)[C@@H](C)S3)N2CCOCC2)cc1. The average molecular weight is 442 g/mol. The largest absolute Gasteiger partial charge is 0.497 e. The van der Waals surface area contributed by atoms with Crippen molar-refractivity contribution in [1.82, 2.24) is 10.2 Å². The molecular formula is C23H27N3O4S. The van der Waals surface area contributed by atoms with Crippen LogP contribution in [0.3, 0.4) is 0 Å². The van der Waals surface area contributed by atoms with Crippen molar-refractivity contribution in [2.24, 2.45) is 0 Å². The van der Waals surface area contributed by atoms with Crippen LogP contribution >= 0.6 is 11.8 Å². The maximum absolute atomic E-state index is 12.9. The van der Waals surface area contributed by atoms with Crippen molar-refractivity contribution in [3.8, 4) is 5.75 Å². The van der Waals surface area contributed by atoms with Gasteiger partial charge in [0.2, 0.25) is 5.91 Å². The van der Waals surface area contributed by atoms with Gasteiger partial charge in [0, 0.05) is 30.1 Å². The van der Waals surface area contributed by atoms with Crippen LogP contribution in [0.4, 0.5) is 5.69 Å². The third kappa shape index (κ3) is 5.03. The number of carbonyl (C=O) groups excluding carboxylic acids is 2. The van der Waals surface area contributed by atoms with Crippen molar-refractivity contribution in [2.45, 2.75) is 23.1 Å². The number of morpholine rings is 1. The van der Waals surface area contributed by atoms with E-state index in [0.717, 1.165) is 29.3 Å². The quantitative estimate of drug-likeness (QED) is 0.718. The van der Waals surface area contributed by atoms with Crippen molar-refractivity contribution in [2.75, 3.05) is 45.3 Å². The molecule has 8 heteroatoms. The summed E-state index contributed by atoms with van der Waals surface area (Å²) in [4.78, 5) is 28.2. The summed E-state index contributed by atoms with van der Waals surface area (Å²) < 4.78 is 10.8. The minimum absolute atomic E-state index is 0.0347. The van der Waals surface area contributed by atoms with Crippen LogP contribution in [0.15, 0.2) is 47.4 Å². The summed E-state index contributed by atoms with van der Waals surface area (Å²) in [7, 11) is 1.65. The summed E-state index contributed by atoms with van der Waals surface area (Å²) in [5, 5.41) is 5.83. The lowest BCUT2D eigenvalue weighted by atomic mass is 10.0. The number of anilines is 1. The van der Waals surface area contributed by atoms with Crippen molar-refractivity contribution in [3.63, 3.8) is 0 Å². The molecule has 2 aliphatic rings. The molecule has 2 heterocycles. The van der Waals surface area contributed by atoms with E-state index in [0.29, 0.717) is 31.0 Å². The highest BCUT2D eigenvalue weighted by Crippen LogP contribution is 2.36. The van der Waals surface area contributed by atoms with Gasteiger partial charge < -0.3 is 20.1 Å². The Balaban J connectivity index is 1.48. The zero-order valence-electron chi connectivity index (χ0n) is 17.7. The predicted octanol–water partition coefficient (Wildman–Crippen LogP) is 2.93. The van der Waals surface area contributed by atoms with Gasteiger partial charge >= 0.3 is 0 Å². The number of thioether (sulfide) groups is 1. The first-order chi connectivity index (χ1) is 15.0. The lowest BCUT2D eigenvalue weighted by Crippen LogP contribution is -2.43. The second-order valence-electron chi connectivity index (χ2n) is 7.61. The standard InChI is InChI=1S/C23H27N3O4S/c1-15-22(27)25-19-13-17(5-8-21(19)31-15)23(28)24-14-20(26-9-11-30-12-10-26)16-3-6-18(29-2)7-4-16/h3-8,13,15,20H,9-12,14H2,1-2H3,(H,24,28)(H,25,27)/t15-,20-/m1/s1. The van der Waals surface area contributed by atoms with E-state index in [1.54, 1.807) is 13.2 Å². The molecule has 2 atom stereocenters. The molecule has 0 radical (unpaired) electrons. The molecule has 0 saturated carbocycles. The zero-order valence-corrected chi connectivity index (χ0v) is 18.5. The van der Waals surface area contributed by atoms with E-state index in [1.165, 1.54) is 11.8 Å². The molecule has 164 valence electrons. The molecule has 2 amide bonds. The minimum Gasteiger partial charge on any atom is -0.497 e. The fourth-order valence-corrected chi connectivity index (χ4v) is 4.74. The first kappa shape index (κ1) is 21.7. The van der Waals surface area contributed by atoms with E-state index in [2.05, 4.69) is 15.5 Å². The number of amides is 2. The van der Waals surface area contributed by atoms with E-state index in [9.17, 15) is 9.59 Å². The number of fused-ring (bicyclic) bond motifs is 1. The molecular weight excluding hydrogens is 414 g/mol. The Kier molecular flexibility index (Phi) is 6.80. The lowest BCUT2D eigenvalue weighted by Gasteiger charge is -2.35. The average Bonchev–Trinajstić information content (AvgIpc) is 2.80. The van der Waals surface area contributed by atoms with Gasteiger partial charge in [-0.05, 0) is 42.8 Å². The number of methoxy groups -OCH3 is 1. The first-order valence-electron chi connectivity index (χ1n) is 10.4. The van der Waals surface area contributed by atoms with Crippen molar-refractivity contribution in [3.05, 3.63) is 53.6 Å². The summed E-state index contributed by atoms with van der Waals surface area (Å²) in [6.45, 7) is 5.33. The van der Waals surface area contributed by atoms with Crippen LogP contribution in [0.5, 0.6) is 5.75 Å². The van der Waals surface area contributed by atoms with E-state index < -0.39 is 0 Å². The molecule has 31 heavy (non-hydrogen) atoms. The Morgan fingerprint density at radius 1 is 1.26 bits per heavy atom. The van der Waals surface area contributed by atoms with Crippen molar-refractivity contribution >= 4 is 29.3 Å². The van der Waals surface area contributed by atoms with E-state index in [4.69, 9.17) is 9.47 Å². The number of hydrogen-bond donors (Lipinski definition) is 2.